The first-order valence-electron chi connectivity index (χ1n) is 8.62. The fraction of sp³-hybridized carbons (Fsp3) is 0.611. The molecule has 0 spiro atoms. The first kappa shape index (κ1) is 21.0. The number of para-hydroxylation sites is 1. The van der Waals surface area contributed by atoms with E-state index in [2.05, 4.69) is 41.4 Å². The molecule has 0 aromatic heterocycles. The second kappa shape index (κ2) is 11.5. The van der Waals surface area contributed by atoms with Gasteiger partial charge in [0.05, 0.1) is 13.1 Å². The molecule has 0 bridgehead atoms. The molecule has 24 heavy (non-hydrogen) atoms. The van der Waals surface area contributed by atoms with Crippen molar-refractivity contribution in [2.24, 2.45) is 4.99 Å². The molecule has 0 amide bonds. The third kappa shape index (κ3) is 7.70. The van der Waals surface area contributed by atoms with Crippen LogP contribution >= 0.6 is 24.0 Å². The smallest absolute Gasteiger partial charge is 0.191 e. The van der Waals surface area contributed by atoms with Gasteiger partial charge in [0.15, 0.2) is 5.96 Å². The van der Waals surface area contributed by atoms with Gasteiger partial charge in [-0.15, -0.1) is 24.0 Å². The fourth-order valence-electron chi connectivity index (χ4n) is 2.39. The van der Waals surface area contributed by atoms with Crippen molar-refractivity contribution in [3.8, 4) is 5.75 Å². The van der Waals surface area contributed by atoms with Gasteiger partial charge in [0.25, 0.3) is 0 Å². The van der Waals surface area contributed by atoms with Crippen molar-refractivity contribution in [3.63, 3.8) is 0 Å². The van der Waals surface area contributed by atoms with Gasteiger partial charge in [-0.25, -0.2) is 0 Å². The second-order valence-electron chi connectivity index (χ2n) is 6.05. The highest BCUT2D eigenvalue weighted by Crippen LogP contribution is 2.26. The van der Waals surface area contributed by atoms with Gasteiger partial charge in [-0.05, 0) is 45.9 Å². The Morgan fingerprint density at radius 2 is 2.00 bits per heavy atom. The van der Waals surface area contributed by atoms with Crippen LogP contribution in [0.25, 0.3) is 0 Å². The number of halogens is 1. The van der Waals surface area contributed by atoms with Crippen LogP contribution in [0.2, 0.25) is 0 Å². The molecule has 1 atom stereocenters. The third-order valence-electron chi connectivity index (χ3n) is 4.08. The van der Waals surface area contributed by atoms with Crippen molar-refractivity contribution in [1.82, 2.24) is 15.5 Å². The van der Waals surface area contributed by atoms with E-state index >= 15 is 0 Å². The summed E-state index contributed by atoms with van der Waals surface area (Å²) in [5, 5.41) is 6.61. The molecule has 6 heteroatoms. The third-order valence-corrected chi connectivity index (χ3v) is 4.08. The molecule has 2 N–H and O–H groups in total. The molecule has 0 saturated heterocycles. The van der Waals surface area contributed by atoms with Crippen molar-refractivity contribution in [2.45, 2.75) is 38.8 Å². The zero-order chi connectivity index (χ0) is 16.5. The van der Waals surface area contributed by atoms with E-state index < -0.39 is 0 Å². The zero-order valence-corrected chi connectivity index (χ0v) is 17.3. The van der Waals surface area contributed by atoms with Crippen LogP contribution in [0.3, 0.4) is 0 Å². The molecule has 1 aliphatic carbocycles. The summed E-state index contributed by atoms with van der Waals surface area (Å²) in [6, 6.07) is 11.1. The van der Waals surface area contributed by atoms with Crippen LogP contribution in [0.5, 0.6) is 5.75 Å². The van der Waals surface area contributed by atoms with Crippen molar-refractivity contribution < 1.29 is 4.74 Å². The normalized spacial score (nSPS) is 15.6. The van der Waals surface area contributed by atoms with Crippen LogP contribution in [0, 0.1) is 0 Å². The number of nitrogens with zero attached hydrogens (tertiary/aromatic N) is 2. The standard InChI is InChI=1S/C18H30N4O.HI/c1-4-19-18(21-14-15(2)22(3)16-10-11-16)20-12-13-23-17-8-6-5-7-9-17;/h5-9,15-16H,4,10-14H2,1-3H3,(H2,19,20,21);1H. The minimum atomic E-state index is 0. The molecule has 1 aromatic carbocycles. The van der Waals surface area contributed by atoms with Crippen LogP contribution < -0.4 is 15.4 Å². The van der Waals surface area contributed by atoms with Crippen molar-refractivity contribution >= 4 is 29.9 Å². The summed E-state index contributed by atoms with van der Waals surface area (Å²) in [4.78, 5) is 7.12. The number of likely N-dealkylation sites (N-methyl/N-ethyl adjacent to an activating group) is 1. The van der Waals surface area contributed by atoms with Crippen LogP contribution in [0.15, 0.2) is 35.3 Å². The van der Waals surface area contributed by atoms with Gasteiger partial charge in [-0.2, -0.15) is 0 Å². The Morgan fingerprint density at radius 3 is 2.62 bits per heavy atom. The summed E-state index contributed by atoms with van der Waals surface area (Å²) in [6.07, 6.45) is 2.67. The first-order valence-corrected chi connectivity index (χ1v) is 8.62. The largest absolute Gasteiger partial charge is 0.492 e. The highest BCUT2D eigenvalue weighted by atomic mass is 127. The molecular weight excluding hydrogens is 415 g/mol. The summed E-state index contributed by atoms with van der Waals surface area (Å²) < 4.78 is 5.68. The van der Waals surface area contributed by atoms with Crippen LogP contribution in [-0.2, 0) is 0 Å². The SMILES string of the molecule is CCNC(=NCC(C)N(C)C1CC1)NCCOc1ccccc1.I. The Labute approximate surface area is 163 Å². The number of guanidine groups is 1. The van der Waals surface area contributed by atoms with Gasteiger partial charge in [0, 0.05) is 18.6 Å². The maximum atomic E-state index is 5.68. The zero-order valence-electron chi connectivity index (χ0n) is 15.0. The molecule has 1 aromatic rings. The predicted molar refractivity (Wildman–Crippen MR) is 112 cm³/mol. The van der Waals surface area contributed by atoms with E-state index in [1.807, 2.05) is 30.3 Å². The molecule has 1 fully saturated rings. The van der Waals surface area contributed by atoms with Gasteiger partial charge in [0.1, 0.15) is 12.4 Å². The quantitative estimate of drug-likeness (QED) is 0.265. The molecule has 0 aliphatic heterocycles. The number of hydrogen-bond acceptors (Lipinski definition) is 3. The first-order chi connectivity index (χ1) is 11.2. The maximum Gasteiger partial charge on any atom is 0.191 e. The molecule has 136 valence electrons. The number of benzene rings is 1. The van der Waals surface area contributed by atoms with Gasteiger partial charge in [-0.3, -0.25) is 9.89 Å². The molecule has 5 nitrogen and oxygen atoms in total. The molecule has 0 radical (unpaired) electrons. The summed E-state index contributed by atoms with van der Waals surface area (Å²) in [5.41, 5.74) is 0. The lowest BCUT2D eigenvalue weighted by molar-refractivity contribution is 0.253. The highest BCUT2D eigenvalue weighted by Gasteiger charge is 2.28. The lowest BCUT2D eigenvalue weighted by Crippen LogP contribution is -2.41. The number of rotatable bonds is 9. The van der Waals surface area contributed by atoms with E-state index in [0.29, 0.717) is 12.6 Å². The lowest BCUT2D eigenvalue weighted by atomic mass is 10.3. The molecule has 0 heterocycles. The lowest BCUT2D eigenvalue weighted by Gasteiger charge is -2.23. The molecule has 2 rings (SSSR count). The van der Waals surface area contributed by atoms with Crippen molar-refractivity contribution in [3.05, 3.63) is 30.3 Å². The monoisotopic (exact) mass is 446 g/mol. The van der Waals surface area contributed by atoms with E-state index in [0.717, 1.165) is 37.4 Å². The van der Waals surface area contributed by atoms with E-state index in [-0.39, 0.29) is 24.0 Å². The van der Waals surface area contributed by atoms with Crippen molar-refractivity contribution in [1.29, 1.82) is 0 Å². The Bertz CT molecular complexity index is 479. The van der Waals surface area contributed by atoms with E-state index in [4.69, 9.17) is 4.74 Å². The second-order valence-corrected chi connectivity index (χ2v) is 6.05. The van der Waals surface area contributed by atoms with Gasteiger partial charge in [-0.1, -0.05) is 18.2 Å². The number of aliphatic imine (C=N–C) groups is 1. The van der Waals surface area contributed by atoms with Crippen molar-refractivity contribution in [2.75, 3.05) is 33.3 Å². The van der Waals surface area contributed by atoms with Gasteiger partial charge >= 0.3 is 0 Å². The average Bonchev–Trinajstić information content (AvgIpc) is 3.41. The Balaban J connectivity index is 0.00000288. The molecule has 1 saturated carbocycles. The van der Waals surface area contributed by atoms with Gasteiger partial charge in [0.2, 0.25) is 0 Å². The van der Waals surface area contributed by atoms with Crippen LogP contribution in [0.1, 0.15) is 26.7 Å². The predicted octanol–water partition coefficient (Wildman–Crippen LogP) is 2.72. The number of nitrogens with one attached hydrogen (secondary N) is 2. The summed E-state index contributed by atoms with van der Waals surface area (Å²) >= 11 is 0. The summed E-state index contributed by atoms with van der Waals surface area (Å²) in [7, 11) is 2.20. The number of ether oxygens (including phenoxy) is 1. The topological polar surface area (TPSA) is 48.9 Å². The number of hydrogen-bond donors (Lipinski definition) is 2. The van der Waals surface area contributed by atoms with Crippen LogP contribution in [-0.4, -0.2) is 56.2 Å². The van der Waals surface area contributed by atoms with E-state index in [9.17, 15) is 0 Å². The van der Waals surface area contributed by atoms with E-state index in [1.165, 1.54) is 12.8 Å². The Kier molecular flexibility index (Phi) is 10.1. The fourth-order valence-corrected chi connectivity index (χ4v) is 2.39. The van der Waals surface area contributed by atoms with Crippen LogP contribution in [0.4, 0.5) is 0 Å². The highest BCUT2D eigenvalue weighted by molar-refractivity contribution is 14.0. The minimum absolute atomic E-state index is 0. The minimum Gasteiger partial charge on any atom is -0.492 e. The molecule has 1 unspecified atom stereocenters. The Morgan fingerprint density at radius 1 is 1.29 bits per heavy atom. The average molecular weight is 446 g/mol. The molecule has 1 aliphatic rings. The molecular formula is C18H31IN4O. The Hall–Kier alpha value is -1.02. The maximum absolute atomic E-state index is 5.68. The van der Waals surface area contributed by atoms with E-state index in [1.54, 1.807) is 0 Å². The van der Waals surface area contributed by atoms with Gasteiger partial charge < -0.3 is 15.4 Å². The summed E-state index contributed by atoms with van der Waals surface area (Å²) in [5.74, 6) is 1.76. The summed E-state index contributed by atoms with van der Waals surface area (Å²) in [6.45, 7) is 7.33.